The molecule has 0 radical (unpaired) electrons. The van der Waals surface area contributed by atoms with E-state index in [4.69, 9.17) is 23.2 Å². The molecule has 1 heterocycles. The van der Waals surface area contributed by atoms with Gasteiger partial charge in [0.05, 0.1) is 27.2 Å². The van der Waals surface area contributed by atoms with E-state index in [1.54, 1.807) is 6.07 Å². The standard InChI is InChI=1S/C27H25Cl2F6N3O3/c1-38(25(41)16-12-17(26(30,31)32)14-18(13-16)27(33,34)35)19(10-15-5-7-20(28)21(29)11-15)6-8-23(39)37-22-4-2-3-9-36-24(22)40/h5-8,11-14,19,22H,2-4,9-10H2,1H3,(H,36,40)(H,37,39)/b8-6+/t19-,22?/m0/s1. The molecular weight excluding hydrogens is 599 g/mol. The summed E-state index contributed by atoms with van der Waals surface area (Å²) in [6.07, 6.45) is -6.14. The molecule has 1 saturated heterocycles. The van der Waals surface area contributed by atoms with Crippen LogP contribution in [0.3, 0.4) is 0 Å². The molecule has 0 spiro atoms. The third kappa shape index (κ3) is 8.87. The molecule has 222 valence electrons. The van der Waals surface area contributed by atoms with E-state index < -0.39 is 52.9 Å². The maximum atomic E-state index is 13.4. The fourth-order valence-corrected chi connectivity index (χ4v) is 4.49. The average Bonchev–Trinajstić information content (AvgIpc) is 3.10. The van der Waals surface area contributed by atoms with Crippen LogP contribution in [0.15, 0.2) is 48.6 Å². The van der Waals surface area contributed by atoms with E-state index in [1.165, 1.54) is 25.3 Å². The third-order valence-electron chi connectivity index (χ3n) is 6.40. The molecule has 2 aromatic carbocycles. The van der Waals surface area contributed by atoms with E-state index in [0.29, 0.717) is 37.1 Å². The van der Waals surface area contributed by atoms with Crippen LogP contribution in [0, 0.1) is 0 Å². The summed E-state index contributed by atoms with van der Waals surface area (Å²) in [5.41, 5.74) is -3.61. The van der Waals surface area contributed by atoms with Crippen molar-refractivity contribution in [3.8, 4) is 0 Å². The van der Waals surface area contributed by atoms with Crippen LogP contribution in [-0.2, 0) is 28.4 Å². The van der Waals surface area contributed by atoms with Crippen LogP contribution < -0.4 is 10.6 Å². The number of hydrogen-bond acceptors (Lipinski definition) is 3. The summed E-state index contributed by atoms with van der Waals surface area (Å²) >= 11 is 12.0. The zero-order chi connectivity index (χ0) is 30.5. The Labute approximate surface area is 241 Å². The quantitative estimate of drug-likeness (QED) is 0.291. The number of rotatable bonds is 7. The predicted molar refractivity (Wildman–Crippen MR) is 140 cm³/mol. The Hall–Kier alpha value is -3.25. The molecule has 2 atom stereocenters. The van der Waals surface area contributed by atoms with Crippen molar-refractivity contribution in [3.63, 3.8) is 0 Å². The van der Waals surface area contributed by atoms with E-state index in [-0.39, 0.29) is 28.4 Å². The van der Waals surface area contributed by atoms with Gasteiger partial charge in [-0.05, 0) is 61.6 Å². The van der Waals surface area contributed by atoms with Crippen LogP contribution >= 0.6 is 23.2 Å². The summed E-state index contributed by atoms with van der Waals surface area (Å²) in [4.78, 5) is 39.0. The third-order valence-corrected chi connectivity index (χ3v) is 7.14. The van der Waals surface area contributed by atoms with Gasteiger partial charge >= 0.3 is 12.4 Å². The van der Waals surface area contributed by atoms with Gasteiger partial charge in [-0.1, -0.05) is 35.3 Å². The molecule has 1 aliphatic heterocycles. The highest BCUT2D eigenvalue weighted by atomic mass is 35.5. The minimum absolute atomic E-state index is 0.0298. The summed E-state index contributed by atoms with van der Waals surface area (Å²) in [6, 6.07) is 3.31. The van der Waals surface area contributed by atoms with Crippen molar-refractivity contribution in [2.75, 3.05) is 13.6 Å². The van der Waals surface area contributed by atoms with Crippen molar-refractivity contribution in [1.29, 1.82) is 0 Å². The fraction of sp³-hybridized carbons (Fsp3) is 0.370. The van der Waals surface area contributed by atoms with Gasteiger partial charge in [-0.15, -0.1) is 0 Å². The Bertz CT molecular complexity index is 1300. The number of hydrogen-bond donors (Lipinski definition) is 2. The van der Waals surface area contributed by atoms with Gasteiger partial charge in [0.25, 0.3) is 5.91 Å². The first-order valence-electron chi connectivity index (χ1n) is 12.3. The fourth-order valence-electron chi connectivity index (χ4n) is 4.17. The van der Waals surface area contributed by atoms with Crippen LogP contribution in [0.4, 0.5) is 26.3 Å². The number of halogens is 8. The molecule has 3 amide bonds. The van der Waals surface area contributed by atoms with Crippen molar-refractivity contribution in [1.82, 2.24) is 15.5 Å². The Balaban J connectivity index is 1.94. The van der Waals surface area contributed by atoms with Crippen LogP contribution in [0.2, 0.25) is 10.0 Å². The Kier molecular flexibility index (Phi) is 10.4. The number of nitrogens with zero attached hydrogens (tertiary/aromatic N) is 1. The molecule has 2 aromatic rings. The van der Waals surface area contributed by atoms with Crippen molar-refractivity contribution in [2.45, 2.75) is 50.1 Å². The monoisotopic (exact) mass is 623 g/mol. The number of nitrogens with one attached hydrogen (secondary N) is 2. The Morgan fingerprint density at radius 1 is 1.02 bits per heavy atom. The summed E-state index contributed by atoms with van der Waals surface area (Å²) in [6.45, 7) is 0.477. The van der Waals surface area contributed by atoms with Crippen LogP contribution in [0.5, 0.6) is 0 Å². The van der Waals surface area contributed by atoms with Gasteiger partial charge in [0.1, 0.15) is 6.04 Å². The van der Waals surface area contributed by atoms with Gasteiger partial charge in [-0.3, -0.25) is 14.4 Å². The van der Waals surface area contributed by atoms with Gasteiger partial charge in [0.15, 0.2) is 0 Å². The van der Waals surface area contributed by atoms with Gasteiger partial charge in [-0.25, -0.2) is 0 Å². The van der Waals surface area contributed by atoms with Gasteiger partial charge < -0.3 is 15.5 Å². The number of carbonyl (C=O) groups is 3. The molecule has 41 heavy (non-hydrogen) atoms. The minimum atomic E-state index is -5.14. The van der Waals surface area contributed by atoms with E-state index in [9.17, 15) is 40.7 Å². The zero-order valence-electron chi connectivity index (χ0n) is 21.5. The summed E-state index contributed by atoms with van der Waals surface area (Å²) in [5, 5.41) is 5.64. The predicted octanol–water partition coefficient (Wildman–Crippen LogP) is 6.06. The highest BCUT2D eigenvalue weighted by Crippen LogP contribution is 2.36. The van der Waals surface area contributed by atoms with Crippen molar-refractivity contribution in [3.05, 3.63) is 80.8 Å². The second-order valence-electron chi connectivity index (χ2n) is 9.44. The molecule has 6 nitrogen and oxygen atoms in total. The molecular formula is C27H25Cl2F6N3O3. The van der Waals surface area contributed by atoms with E-state index in [1.807, 2.05) is 0 Å². The number of carbonyl (C=O) groups excluding carboxylic acids is 3. The first kappa shape index (κ1) is 32.3. The lowest BCUT2D eigenvalue weighted by atomic mass is 10.0. The van der Waals surface area contributed by atoms with Crippen LogP contribution in [-0.4, -0.2) is 48.3 Å². The lowest BCUT2D eigenvalue weighted by molar-refractivity contribution is -0.143. The van der Waals surface area contributed by atoms with E-state index in [0.717, 1.165) is 17.4 Å². The Morgan fingerprint density at radius 2 is 1.66 bits per heavy atom. The Morgan fingerprint density at radius 3 is 2.24 bits per heavy atom. The lowest BCUT2D eigenvalue weighted by Gasteiger charge is -2.27. The lowest BCUT2D eigenvalue weighted by Crippen LogP contribution is -2.45. The minimum Gasteiger partial charge on any atom is -0.354 e. The molecule has 3 rings (SSSR count). The SMILES string of the molecule is CN(C(=O)c1cc(C(F)(F)F)cc(C(F)(F)F)c1)[C@@H](/C=C/C(=O)NC1CCCCNC1=O)Cc1ccc(Cl)c(Cl)c1. The largest absolute Gasteiger partial charge is 0.416 e. The molecule has 1 aliphatic rings. The molecule has 0 aliphatic carbocycles. The first-order chi connectivity index (χ1) is 19.1. The smallest absolute Gasteiger partial charge is 0.354 e. The van der Waals surface area contributed by atoms with Crippen molar-refractivity contribution in [2.24, 2.45) is 0 Å². The van der Waals surface area contributed by atoms with Crippen LogP contribution in [0.25, 0.3) is 0 Å². The average molecular weight is 624 g/mol. The topological polar surface area (TPSA) is 78.5 Å². The summed E-state index contributed by atoms with van der Waals surface area (Å²) in [5.74, 6) is -2.18. The summed E-state index contributed by atoms with van der Waals surface area (Å²) in [7, 11) is 1.18. The highest BCUT2D eigenvalue weighted by molar-refractivity contribution is 6.42. The molecule has 14 heteroatoms. The first-order valence-corrected chi connectivity index (χ1v) is 13.1. The van der Waals surface area contributed by atoms with Gasteiger partial charge in [0, 0.05) is 25.2 Å². The number of benzene rings is 2. The molecule has 0 bridgehead atoms. The summed E-state index contributed by atoms with van der Waals surface area (Å²) < 4.78 is 80.2. The molecule has 0 aromatic heterocycles. The zero-order valence-corrected chi connectivity index (χ0v) is 23.0. The molecule has 2 N–H and O–H groups in total. The van der Waals surface area contributed by atoms with Gasteiger partial charge in [-0.2, -0.15) is 26.3 Å². The molecule has 1 unspecified atom stereocenters. The maximum absolute atomic E-state index is 13.4. The van der Waals surface area contributed by atoms with Crippen molar-refractivity contribution < 1.29 is 40.7 Å². The molecule has 1 fully saturated rings. The normalized spacial score (nSPS) is 17.1. The van der Waals surface area contributed by atoms with E-state index >= 15 is 0 Å². The number of likely N-dealkylation sites (N-methyl/N-ethyl adjacent to an activating group) is 1. The van der Waals surface area contributed by atoms with Gasteiger partial charge in [0.2, 0.25) is 11.8 Å². The molecule has 0 saturated carbocycles. The van der Waals surface area contributed by atoms with Crippen molar-refractivity contribution >= 4 is 40.9 Å². The number of alkyl halides is 6. The van der Waals surface area contributed by atoms with Crippen LogP contribution in [0.1, 0.15) is 46.3 Å². The second-order valence-corrected chi connectivity index (χ2v) is 10.3. The highest BCUT2D eigenvalue weighted by Gasteiger charge is 2.38. The maximum Gasteiger partial charge on any atom is 0.416 e. The number of amides is 3. The second kappa shape index (κ2) is 13.2. The van der Waals surface area contributed by atoms with E-state index in [2.05, 4.69) is 10.6 Å².